The summed E-state index contributed by atoms with van der Waals surface area (Å²) in [4.78, 5) is 0. The van der Waals surface area contributed by atoms with Gasteiger partial charge in [-0.25, -0.2) is 0 Å². The number of hydrogen-bond acceptors (Lipinski definition) is 3. The molecule has 1 saturated heterocycles. The second-order valence-electron chi connectivity index (χ2n) is 8.05. The van der Waals surface area contributed by atoms with Crippen molar-refractivity contribution in [3.8, 4) is 0 Å². The molecule has 23 heavy (non-hydrogen) atoms. The molecule has 0 radical (unpaired) electrons. The molecule has 0 bridgehead atoms. The molecule has 0 amide bonds. The summed E-state index contributed by atoms with van der Waals surface area (Å²) in [5, 5.41) is 3.56. The maximum Gasteiger partial charge on any atom is 0.117 e. The normalized spacial score (nSPS) is 25.4. The smallest absolute Gasteiger partial charge is 0.117 e. The van der Waals surface area contributed by atoms with E-state index in [0.717, 1.165) is 31.4 Å². The molecule has 1 N–H and O–H groups in total. The van der Waals surface area contributed by atoms with Crippen LogP contribution in [0.1, 0.15) is 65.6 Å². The van der Waals surface area contributed by atoms with E-state index in [1.807, 2.05) is 12.1 Å². The Labute approximate surface area is 142 Å². The summed E-state index contributed by atoms with van der Waals surface area (Å²) in [6, 6.07) is 3.98. The zero-order valence-corrected chi connectivity index (χ0v) is 15.4. The van der Waals surface area contributed by atoms with Gasteiger partial charge in [-0.3, -0.25) is 0 Å². The highest BCUT2D eigenvalue weighted by Gasteiger charge is 2.37. The fraction of sp³-hybridized carbons (Fsp3) is 0.800. The Morgan fingerprint density at radius 2 is 2.09 bits per heavy atom. The predicted molar refractivity (Wildman–Crippen MR) is 95.3 cm³/mol. The van der Waals surface area contributed by atoms with Crippen LogP contribution in [0.4, 0.5) is 0 Å². The minimum Gasteiger partial charge on any atom is -0.468 e. The Morgan fingerprint density at radius 1 is 1.26 bits per heavy atom. The molecule has 0 spiro atoms. The second kappa shape index (κ2) is 8.89. The Balaban J connectivity index is 1.87. The third kappa shape index (κ3) is 5.96. The summed E-state index contributed by atoms with van der Waals surface area (Å²) in [5.41, 5.74) is 0.452. The van der Waals surface area contributed by atoms with E-state index >= 15 is 0 Å². The molecule has 2 rings (SSSR count). The van der Waals surface area contributed by atoms with Gasteiger partial charge < -0.3 is 14.5 Å². The standard InChI is InChI=1S/C20H35NO2/c1-16(2)7-8-20(10-13-23-19(14-20)17(3)4)9-11-21-15-18-6-5-12-22-18/h5-6,12,16-17,19,21H,7-11,13-15H2,1-4H3/t19-,20-/m0/s1. The van der Waals surface area contributed by atoms with Crippen LogP contribution in [0.2, 0.25) is 0 Å². The molecule has 1 aromatic rings. The van der Waals surface area contributed by atoms with Gasteiger partial charge in [0.2, 0.25) is 0 Å². The highest BCUT2D eigenvalue weighted by Crippen LogP contribution is 2.43. The van der Waals surface area contributed by atoms with E-state index in [0.29, 0.717) is 17.4 Å². The highest BCUT2D eigenvalue weighted by atomic mass is 16.5. The molecule has 1 aliphatic rings. The van der Waals surface area contributed by atoms with Crippen molar-refractivity contribution in [3.05, 3.63) is 24.2 Å². The summed E-state index contributed by atoms with van der Waals surface area (Å²) < 4.78 is 11.4. The third-order valence-corrected chi connectivity index (χ3v) is 5.31. The van der Waals surface area contributed by atoms with Crippen LogP contribution in [0.25, 0.3) is 0 Å². The van der Waals surface area contributed by atoms with Gasteiger partial charge in [0.15, 0.2) is 0 Å². The Kier molecular flexibility index (Phi) is 7.16. The van der Waals surface area contributed by atoms with E-state index in [9.17, 15) is 0 Å². The van der Waals surface area contributed by atoms with Gasteiger partial charge in [0, 0.05) is 6.61 Å². The fourth-order valence-corrected chi connectivity index (χ4v) is 3.60. The van der Waals surface area contributed by atoms with Crippen LogP contribution >= 0.6 is 0 Å². The zero-order chi connectivity index (χ0) is 16.7. The maximum atomic E-state index is 6.03. The van der Waals surface area contributed by atoms with Crippen LogP contribution in [-0.4, -0.2) is 19.3 Å². The lowest BCUT2D eigenvalue weighted by Crippen LogP contribution is -2.39. The first-order chi connectivity index (χ1) is 11.0. The average molecular weight is 322 g/mol. The zero-order valence-electron chi connectivity index (χ0n) is 15.4. The SMILES string of the molecule is CC(C)CC[C@]1(CCNCc2ccco2)CCO[C@H](C(C)C)C1. The molecule has 0 aliphatic carbocycles. The van der Waals surface area contributed by atoms with Gasteiger partial charge in [0.1, 0.15) is 5.76 Å². The Morgan fingerprint density at radius 3 is 2.74 bits per heavy atom. The van der Waals surface area contributed by atoms with Crippen molar-refractivity contribution in [1.82, 2.24) is 5.32 Å². The lowest BCUT2D eigenvalue weighted by Gasteiger charge is -2.43. The van der Waals surface area contributed by atoms with Gasteiger partial charge in [-0.15, -0.1) is 0 Å². The monoisotopic (exact) mass is 321 g/mol. The van der Waals surface area contributed by atoms with Crippen LogP contribution in [0.5, 0.6) is 0 Å². The van der Waals surface area contributed by atoms with Crippen molar-refractivity contribution < 1.29 is 9.15 Å². The van der Waals surface area contributed by atoms with Crippen LogP contribution in [0.15, 0.2) is 22.8 Å². The van der Waals surface area contributed by atoms with Gasteiger partial charge >= 0.3 is 0 Å². The van der Waals surface area contributed by atoms with Crippen molar-refractivity contribution in [2.24, 2.45) is 17.3 Å². The topological polar surface area (TPSA) is 34.4 Å². The van der Waals surface area contributed by atoms with E-state index in [2.05, 4.69) is 33.0 Å². The van der Waals surface area contributed by atoms with Crippen molar-refractivity contribution in [2.45, 2.75) is 72.4 Å². The first kappa shape index (κ1) is 18.5. The molecule has 0 unspecified atom stereocenters. The summed E-state index contributed by atoms with van der Waals surface area (Å²) in [6.45, 7) is 12.1. The number of ether oxygens (including phenoxy) is 1. The molecule has 0 aromatic carbocycles. The summed E-state index contributed by atoms with van der Waals surface area (Å²) in [5.74, 6) is 2.42. The molecule has 1 aromatic heterocycles. The first-order valence-electron chi connectivity index (χ1n) is 9.35. The van der Waals surface area contributed by atoms with Gasteiger partial charge in [0.25, 0.3) is 0 Å². The van der Waals surface area contributed by atoms with E-state index in [4.69, 9.17) is 9.15 Å². The van der Waals surface area contributed by atoms with Gasteiger partial charge in [0.05, 0.1) is 18.9 Å². The van der Waals surface area contributed by atoms with E-state index in [1.165, 1.54) is 32.1 Å². The Hall–Kier alpha value is -0.800. The predicted octanol–water partition coefficient (Wildman–Crippen LogP) is 5.02. The third-order valence-electron chi connectivity index (χ3n) is 5.31. The number of rotatable bonds is 9. The van der Waals surface area contributed by atoms with Crippen molar-refractivity contribution >= 4 is 0 Å². The van der Waals surface area contributed by atoms with E-state index < -0.39 is 0 Å². The summed E-state index contributed by atoms with van der Waals surface area (Å²) in [6.07, 6.45) is 8.51. The molecule has 132 valence electrons. The summed E-state index contributed by atoms with van der Waals surface area (Å²) >= 11 is 0. The second-order valence-corrected chi connectivity index (χ2v) is 8.05. The van der Waals surface area contributed by atoms with Gasteiger partial charge in [-0.2, -0.15) is 0 Å². The van der Waals surface area contributed by atoms with Crippen molar-refractivity contribution in [3.63, 3.8) is 0 Å². The minimum absolute atomic E-state index is 0.431. The molecule has 2 heterocycles. The number of nitrogens with one attached hydrogen (secondary N) is 1. The van der Waals surface area contributed by atoms with Gasteiger partial charge in [-0.1, -0.05) is 34.1 Å². The van der Waals surface area contributed by atoms with Crippen molar-refractivity contribution in [1.29, 1.82) is 0 Å². The van der Waals surface area contributed by atoms with Crippen molar-refractivity contribution in [2.75, 3.05) is 13.2 Å². The lowest BCUT2D eigenvalue weighted by atomic mass is 9.69. The summed E-state index contributed by atoms with van der Waals surface area (Å²) in [7, 11) is 0. The maximum absolute atomic E-state index is 6.03. The molecule has 1 fully saturated rings. The van der Waals surface area contributed by atoms with Gasteiger partial charge in [-0.05, 0) is 61.6 Å². The lowest BCUT2D eigenvalue weighted by molar-refractivity contribution is -0.0761. The quantitative estimate of drug-likeness (QED) is 0.649. The first-order valence-corrected chi connectivity index (χ1v) is 9.35. The molecule has 3 nitrogen and oxygen atoms in total. The molecular formula is C20H35NO2. The molecule has 1 aliphatic heterocycles. The van der Waals surface area contributed by atoms with Crippen LogP contribution in [-0.2, 0) is 11.3 Å². The number of hydrogen-bond donors (Lipinski definition) is 1. The largest absolute Gasteiger partial charge is 0.468 e. The Bertz CT molecular complexity index is 427. The van der Waals surface area contributed by atoms with Crippen LogP contribution < -0.4 is 5.32 Å². The average Bonchev–Trinajstić information content (AvgIpc) is 3.03. The molecular weight excluding hydrogens is 286 g/mol. The van der Waals surface area contributed by atoms with Crippen LogP contribution in [0.3, 0.4) is 0 Å². The molecule has 3 heteroatoms. The minimum atomic E-state index is 0.431. The van der Waals surface area contributed by atoms with Crippen LogP contribution in [0, 0.1) is 17.3 Å². The van der Waals surface area contributed by atoms with E-state index in [1.54, 1.807) is 6.26 Å². The molecule has 2 atom stereocenters. The highest BCUT2D eigenvalue weighted by molar-refractivity contribution is 4.97. The molecule has 0 saturated carbocycles. The van der Waals surface area contributed by atoms with E-state index in [-0.39, 0.29) is 0 Å². The number of furan rings is 1. The fourth-order valence-electron chi connectivity index (χ4n) is 3.60.